The first-order valence-electron chi connectivity index (χ1n) is 21.9. The fourth-order valence-corrected chi connectivity index (χ4v) is 7.78. The second-order valence-corrected chi connectivity index (χ2v) is 17.3. The van der Waals surface area contributed by atoms with Crippen molar-refractivity contribution in [2.24, 2.45) is 5.92 Å². The van der Waals surface area contributed by atoms with E-state index in [0.29, 0.717) is 50.8 Å². The highest BCUT2D eigenvalue weighted by Gasteiger charge is 2.49. The first kappa shape index (κ1) is 48.9. The number of nitrogens with zero attached hydrogens (tertiary/aromatic N) is 1. The highest BCUT2D eigenvalue weighted by Crippen LogP contribution is 2.30. The zero-order chi connectivity index (χ0) is 46.3. The molecule has 3 aromatic rings. The number of morpholine rings is 1. The number of epoxide rings is 1. The van der Waals surface area contributed by atoms with E-state index < -0.39 is 53.5 Å². The van der Waals surface area contributed by atoms with Crippen LogP contribution in [0.3, 0.4) is 0 Å². The van der Waals surface area contributed by atoms with Gasteiger partial charge in [0.1, 0.15) is 61.5 Å². The summed E-state index contributed by atoms with van der Waals surface area (Å²) in [5.74, 6) is 0.308. The number of amides is 4. The predicted molar refractivity (Wildman–Crippen MR) is 239 cm³/mol. The van der Waals surface area contributed by atoms with Crippen LogP contribution in [0.4, 0.5) is 0 Å². The Bertz CT molecular complexity index is 2130. The second-order valence-electron chi connectivity index (χ2n) is 17.3. The minimum absolute atomic E-state index is 0.00284. The number of ketones is 1. The molecule has 0 radical (unpaired) electrons. The van der Waals surface area contributed by atoms with E-state index in [1.807, 2.05) is 74.5 Å². The van der Waals surface area contributed by atoms with Gasteiger partial charge in [0.15, 0.2) is 12.3 Å². The molecule has 0 saturated carbocycles. The lowest BCUT2D eigenvalue weighted by molar-refractivity contribution is -0.940. The van der Waals surface area contributed by atoms with Crippen LogP contribution in [0.1, 0.15) is 64.2 Å². The van der Waals surface area contributed by atoms with E-state index in [-0.39, 0.29) is 61.1 Å². The summed E-state index contributed by atoms with van der Waals surface area (Å²) >= 11 is 0. The number of carbonyl (C=O) groups is 6. The average Bonchev–Trinajstić information content (AvgIpc) is 4.02. The van der Waals surface area contributed by atoms with Gasteiger partial charge in [-0.25, -0.2) is 0 Å². The Labute approximate surface area is 375 Å². The molecule has 5 rings (SSSR count). The number of hydrogen-bond donors (Lipinski definition) is 4. The van der Waals surface area contributed by atoms with Gasteiger partial charge < -0.3 is 44.7 Å². The van der Waals surface area contributed by atoms with Crippen molar-refractivity contribution in [3.05, 3.63) is 95.6 Å². The monoisotopic (exact) mass is 880 g/mol. The highest BCUT2D eigenvalue weighted by atomic mass is 16.6. The summed E-state index contributed by atoms with van der Waals surface area (Å²) < 4.78 is 22.4. The number of carbonyl (C=O) groups excluding carboxylic acids is 6. The Hall–Kier alpha value is -6.08. The lowest BCUT2D eigenvalue weighted by Crippen LogP contribution is -2.61. The molecule has 5 atom stereocenters. The molecule has 0 aliphatic carbocycles. The van der Waals surface area contributed by atoms with Crippen LogP contribution >= 0.6 is 0 Å². The Morgan fingerprint density at radius 1 is 0.812 bits per heavy atom. The van der Waals surface area contributed by atoms with Crippen molar-refractivity contribution >= 4 is 35.4 Å². The van der Waals surface area contributed by atoms with E-state index in [2.05, 4.69) is 27.2 Å². The third-order valence-corrected chi connectivity index (χ3v) is 11.3. The second kappa shape index (κ2) is 23.0. The van der Waals surface area contributed by atoms with Crippen molar-refractivity contribution in [1.29, 1.82) is 0 Å². The molecule has 0 spiro atoms. The van der Waals surface area contributed by atoms with Crippen LogP contribution in [0.2, 0.25) is 0 Å². The Balaban J connectivity index is 1.35. The molecule has 2 aliphatic rings. The molecular weight excluding hydrogens is 819 g/mol. The number of terminal acetylenes is 1. The SMILES string of the molecule is C#CCOc1cc(OC(C)=O)ccc1C[N+]1(CC(=O)N[C@@H](CCc2ccccc2)C(=O)N[C@@H](CC(C)C)C(=O)N[C@@H](Cc2ccccc2)C(=O)N[C@@H](C)C(=O)[C@@]2(C)CO2)CCOCC1. The maximum Gasteiger partial charge on any atom is 0.308 e. The number of ether oxygens (including phenoxy) is 4. The lowest BCUT2D eigenvalue weighted by Gasteiger charge is -2.41. The maximum absolute atomic E-state index is 14.4. The number of esters is 1. The van der Waals surface area contributed by atoms with E-state index in [0.717, 1.165) is 16.7 Å². The van der Waals surface area contributed by atoms with E-state index in [9.17, 15) is 28.8 Å². The fraction of sp³-hybridized carbons (Fsp3) is 0.469. The molecule has 15 heteroatoms. The predicted octanol–water partition coefficient (Wildman–Crippen LogP) is 3.21. The molecule has 0 unspecified atom stereocenters. The van der Waals surface area contributed by atoms with Crippen molar-refractivity contribution in [3.63, 3.8) is 0 Å². The van der Waals surface area contributed by atoms with E-state index in [4.69, 9.17) is 25.4 Å². The van der Waals surface area contributed by atoms with E-state index in [1.165, 1.54) is 6.92 Å². The molecule has 0 bridgehead atoms. The smallest absolute Gasteiger partial charge is 0.308 e. The largest absolute Gasteiger partial charge is 0.480 e. The summed E-state index contributed by atoms with van der Waals surface area (Å²) in [5.41, 5.74) is 1.54. The number of rotatable bonds is 23. The molecule has 2 aliphatic heterocycles. The van der Waals surface area contributed by atoms with Gasteiger partial charge >= 0.3 is 5.97 Å². The van der Waals surface area contributed by atoms with Gasteiger partial charge in [-0.1, -0.05) is 80.4 Å². The van der Waals surface area contributed by atoms with Crippen LogP contribution in [0.5, 0.6) is 11.5 Å². The molecule has 64 heavy (non-hydrogen) atoms. The quantitative estimate of drug-likeness (QED) is 0.0362. The van der Waals surface area contributed by atoms with Crippen LogP contribution in [-0.2, 0) is 57.6 Å². The van der Waals surface area contributed by atoms with Gasteiger partial charge in [-0.2, -0.15) is 0 Å². The van der Waals surface area contributed by atoms with Gasteiger partial charge in [-0.15, -0.1) is 6.42 Å². The number of aryl methyl sites for hydroxylation is 1. The van der Waals surface area contributed by atoms with Gasteiger partial charge in [-0.05, 0) is 62.3 Å². The van der Waals surface area contributed by atoms with E-state index >= 15 is 0 Å². The zero-order valence-electron chi connectivity index (χ0n) is 37.5. The fourth-order valence-electron chi connectivity index (χ4n) is 7.78. The standard InChI is InChI=1S/C49H61N5O10/c1-7-24-62-43-29-39(64-35(5)55)20-19-38(43)30-54(22-25-61-26-23-54)31-44(56)51-40(21-18-36-14-10-8-11-15-36)46(58)52-41(27-33(2)3)48(60)53-42(28-37-16-12-9-13-17-37)47(59)50-34(4)45(57)49(6)32-63-49/h1,8-17,19-20,29,33-34,40-42H,18,21-28,30-32H2,2-6H3,(H3-,50,51,52,53,56,58,59,60)/p+1/t34-,40-,41-,42-,49+/m0/s1. The lowest BCUT2D eigenvalue weighted by atomic mass is 9.99. The number of Topliss-reactive ketones (excluding diaryl/α,β-unsaturated/α-hetero) is 1. The number of quaternary nitrogens is 1. The maximum atomic E-state index is 14.4. The molecule has 4 amide bonds. The van der Waals surface area contributed by atoms with Crippen molar-refractivity contribution in [3.8, 4) is 23.8 Å². The van der Waals surface area contributed by atoms with Crippen molar-refractivity contribution < 1.29 is 52.2 Å². The van der Waals surface area contributed by atoms with Crippen LogP contribution < -0.4 is 30.7 Å². The summed E-state index contributed by atoms with van der Waals surface area (Å²) in [6, 6.07) is 19.7. The Morgan fingerprint density at radius 3 is 2.03 bits per heavy atom. The molecule has 2 heterocycles. The molecule has 342 valence electrons. The summed E-state index contributed by atoms with van der Waals surface area (Å²) in [4.78, 5) is 81.3. The number of benzene rings is 3. The zero-order valence-corrected chi connectivity index (χ0v) is 37.5. The minimum Gasteiger partial charge on any atom is -0.480 e. The molecule has 2 fully saturated rings. The number of nitrogens with one attached hydrogen (secondary N) is 4. The summed E-state index contributed by atoms with van der Waals surface area (Å²) in [6.45, 7) is 10.8. The third kappa shape index (κ3) is 14.8. The first-order chi connectivity index (χ1) is 30.6. The van der Waals surface area contributed by atoms with Crippen molar-refractivity contribution in [2.45, 2.75) is 96.6 Å². The minimum atomic E-state index is -1.08. The normalized spacial score (nSPS) is 18.2. The van der Waals surface area contributed by atoms with E-state index in [1.54, 1.807) is 32.0 Å². The number of hydrogen-bond acceptors (Lipinski definition) is 10. The Kier molecular flexibility index (Phi) is 17.6. The third-order valence-electron chi connectivity index (χ3n) is 11.3. The van der Waals surface area contributed by atoms with Gasteiger partial charge in [0.25, 0.3) is 5.91 Å². The van der Waals surface area contributed by atoms with Gasteiger partial charge in [-0.3, -0.25) is 28.8 Å². The molecule has 3 aromatic carbocycles. The summed E-state index contributed by atoms with van der Waals surface area (Å²) in [5, 5.41) is 11.6. The molecular formula is C49H62N5O10+. The van der Waals surface area contributed by atoms with Gasteiger partial charge in [0.05, 0.1) is 25.9 Å². The van der Waals surface area contributed by atoms with Crippen LogP contribution in [0.25, 0.3) is 0 Å². The Morgan fingerprint density at radius 2 is 1.42 bits per heavy atom. The first-order valence-corrected chi connectivity index (χ1v) is 21.9. The van der Waals surface area contributed by atoms with Crippen LogP contribution in [-0.4, -0.2) is 116 Å². The topological polar surface area (TPSA) is 191 Å². The molecule has 0 aromatic heterocycles. The summed E-state index contributed by atoms with van der Waals surface area (Å²) in [7, 11) is 0. The van der Waals surface area contributed by atoms with Gasteiger partial charge in [0, 0.05) is 25.0 Å². The highest BCUT2D eigenvalue weighted by molar-refractivity contribution is 5.98. The van der Waals surface area contributed by atoms with Crippen LogP contribution in [0, 0.1) is 18.3 Å². The molecule has 4 N–H and O–H groups in total. The van der Waals surface area contributed by atoms with Crippen LogP contribution in [0.15, 0.2) is 78.9 Å². The van der Waals surface area contributed by atoms with Gasteiger partial charge in [0.2, 0.25) is 17.7 Å². The summed E-state index contributed by atoms with van der Waals surface area (Å²) in [6.07, 6.45) is 6.56. The average molecular weight is 881 g/mol. The van der Waals surface area contributed by atoms with Crippen molar-refractivity contribution in [1.82, 2.24) is 21.3 Å². The molecule has 15 nitrogen and oxygen atoms in total. The van der Waals surface area contributed by atoms with Crippen molar-refractivity contribution in [2.75, 3.05) is 46.1 Å². The molecule has 2 saturated heterocycles.